The Morgan fingerprint density at radius 3 is 2.65 bits per heavy atom. The lowest BCUT2D eigenvalue weighted by atomic mass is 10.2. The molecule has 0 aliphatic heterocycles. The van der Waals surface area contributed by atoms with Crippen LogP contribution in [0.15, 0.2) is 51.9 Å². The van der Waals surface area contributed by atoms with E-state index in [2.05, 4.69) is 36.5 Å². The van der Waals surface area contributed by atoms with Gasteiger partial charge in [-0.15, -0.1) is 0 Å². The van der Waals surface area contributed by atoms with Crippen molar-refractivity contribution in [2.45, 2.75) is 6.92 Å². The van der Waals surface area contributed by atoms with E-state index in [1.165, 1.54) is 0 Å². The number of hydrogen-bond acceptors (Lipinski definition) is 2. The van der Waals surface area contributed by atoms with Gasteiger partial charge in [-0.3, -0.25) is 4.99 Å². The summed E-state index contributed by atoms with van der Waals surface area (Å²) in [5.41, 5.74) is 4.10. The minimum atomic E-state index is 0.915. The largest absolute Gasteiger partial charge is 0.331 e. The lowest BCUT2D eigenvalue weighted by molar-refractivity contribution is 0.886. The molecular weight excluding hydrogens is 314 g/mol. The number of imidazole rings is 1. The molecule has 3 nitrogen and oxygen atoms in total. The van der Waals surface area contributed by atoms with Gasteiger partial charge in [0.15, 0.2) is 0 Å². The Kier molecular flexibility index (Phi) is 3.40. The first-order valence-corrected chi connectivity index (χ1v) is 7.15. The molecule has 2 aromatic carbocycles. The molecule has 0 aliphatic carbocycles. The molecular formula is C16H14BrN3. The summed E-state index contributed by atoms with van der Waals surface area (Å²) in [6, 6.07) is 14.1. The van der Waals surface area contributed by atoms with E-state index in [1.807, 2.05) is 56.6 Å². The fourth-order valence-corrected chi connectivity index (χ4v) is 2.35. The lowest BCUT2D eigenvalue weighted by Crippen LogP contribution is -1.89. The molecule has 1 aromatic heterocycles. The molecule has 0 spiro atoms. The van der Waals surface area contributed by atoms with Gasteiger partial charge in [0.25, 0.3) is 0 Å². The second-order valence-electron chi connectivity index (χ2n) is 4.70. The second-order valence-corrected chi connectivity index (χ2v) is 5.62. The first-order chi connectivity index (χ1) is 9.63. The van der Waals surface area contributed by atoms with Crippen LogP contribution < -0.4 is 0 Å². The van der Waals surface area contributed by atoms with E-state index in [-0.39, 0.29) is 0 Å². The van der Waals surface area contributed by atoms with Crippen molar-refractivity contribution in [2.75, 3.05) is 0 Å². The lowest BCUT2D eigenvalue weighted by Gasteiger charge is -1.97. The molecule has 0 saturated carbocycles. The Morgan fingerprint density at radius 2 is 1.90 bits per heavy atom. The summed E-state index contributed by atoms with van der Waals surface area (Å²) in [6.07, 6.45) is 1.86. The number of aromatic nitrogens is 2. The van der Waals surface area contributed by atoms with Crippen molar-refractivity contribution < 1.29 is 0 Å². The van der Waals surface area contributed by atoms with Crippen LogP contribution in [0.3, 0.4) is 0 Å². The summed E-state index contributed by atoms with van der Waals surface area (Å²) in [7, 11) is 2.02. The molecule has 3 rings (SSSR count). The molecule has 0 aliphatic rings. The van der Waals surface area contributed by atoms with Gasteiger partial charge >= 0.3 is 0 Å². The fourth-order valence-electron chi connectivity index (χ4n) is 2.09. The van der Waals surface area contributed by atoms with Crippen LogP contribution >= 0.6 is 15.9 Å². The monoisotopic (exact) mass is 327 g/mol. The molecule has 0 atom stereocenters. The molecule has 0 unspecified atom stereocenters. The van der Waals surface area contributed by atoms with E-state index >= 15 is 0 Å². The average Bonchev–Trinajstić information content (AvgIpc) is 2.73. The molecule has 0 bridgehead atoms. The van der Waals surface area contributed by atoms with Gasteiger partial charge in [-0.2, -0.15) is 0 Å². The zero-order valence-electron chi connectivity index (χ0n) is 11.3. The van der Waals surface area contributed by atoms with Crippen molar-refractivity contribution >= 4 is 38.9 Å². The Labute approximate surface area is 126 Å². The van der Waals surface area contributed by atoms with Gasteiger partial charge in [0, 0.05) is 17.7 Å². The summed E-state index contributed by atoms with van der Waals surface area (Å²) in [4.78, 5) is 9.03. The van der Waals surface area contributed by atoms with E-state index in [1.54, 1.807) is 0 Å². The highest BCUT2D eigenvalue weighted by atomic mass is 79.9. The highest BCUT2D eigenvalue weighted by Gasteiger charge is 2.03. The summed E-state index contributed by atoms with van der Waals surface area (Å²) in [6.45, 7) is 2.00. The molecule has 0 saturated heterocycles. The van der Waals surface area contributed by atoms with Crippen molar-refractivity contribution in [1.82, 2.24) is 9.55 Å². The third kappa shape index (κ3) is 2.51. The first kappa shape index (κ1) is 13.1. The third-order valence-corrected chi connectivity index (χ3v) is 3.85. The molecule has 4 heteroatoms. The maximum atomic E-state index is 4.52. The van der Waals surface area contributed by atoms with Gasteiger partial charge < -0.3 is 4.57 Å². The maximum Gasteiger partial charge on any atom is 0.106 e. The predicted molar refractivity (Wildman–Crippen MR) is 86.8 cm³/mol. The Hall–Kier alpha value is -1.94. The van der Waals surface area contributed by atoms with Crippen molar-refractivity contribution in [1.29, 1.82) is 0 Å². The van der Waals surface area contributed by atoms with Crippen LogP contribution in [-0.2, 0) is 7.05 Å². The Morgan fingerprint density at radius 1 is 1.15 bits per heavy atom. The minimum Gasteiger partial charge on any atom is -0.331 e. The van der Waals surface area contributed by atoms with Crippen LogP contribution in [0.25, 0.3) is 11.0 Å². The molecule has 100 valence electrons. The number of rotatable bonds is 2. The average molecular weight is 328 g/mol. The highest BCUT2D eigenvalue weighted by Crippen LogP contribution is 2.21. The fraction of sp³-hybridized carbons (Fsp3) is 0.125. The number of aliphatic imine (C=N–C) groups is 1. The van der Waals surface area contributed by atoms with Gasteiger partial charge in [-0.25, -0.2) is 4.98 Å². The summed E-state index contributed by atoms with van der Waals surface area (Å²) in [5, 5.41) is 0. The van der Waals surface area contributed by atoms with Gasteiger partial charge in [-0.05, 0) is 42.8 Å². The summed E-state index contributed by atoms with van der Waals surface area (Å²) < 4.78 is 3.15. The number of fused-ring (bicyclic) bond motifs is 1. The standard InChI is InChI=1S/C16H14BrN3/c1-11-19-15-9-14(7-8-16(15)20(11)2)18-10-12-3-5-13(17)6-4-12/h3-10H,1-2H3. The summed E-state index contributed by atoms with van der Waals surface area (Å²) in [5.74, 6) is 1.01. The summed E-state index contributed by atoms with van der Waals surface area (Å²) >= 11 is 3.42. The van der Waals surface area contributed by atoms with Crippen molar-refractivity contribution in [3.63, 3.8) is 0 Å². The van der Waals surface area contributed by atoms with Crippen LogP contribution in [0.5, 0.6) is 0 Å². The van der Waals surface area contributed by atoms with Crippen molar-refractivity contribution in [3.8, 4) is 0 Å². The van der Waals surface area contributed by atoms with E-state index < -0.39 is 0 Å². The minimum absolute atomic E-state index is 0.915. The smallest absolute Gasteiger partial charge is 0.106 e. The Balaban J connectivity index is 1.92. The van der Waals surface area contributed by atoms with E-state index in [0.29, 0.717) is 0 Å². The third-order valence-electron chi connectivity index (χ3n) is 3.32. The van der Waals surface area contributed by atoms with Gasteiger partial charge in [0.1, 0.15) is 5.82 Å². The predicted octanol–water partition coefficient (Wildman–Crippen LogP) is 4.39. The quantitative estimate of drug-likeness (QED) is 0.642. The number of nitrogens with zero attached hydrogens (tertiary/aromatic N) is 3. The van der Waals surface area contributed by atoms with E-state index in [9.17, 15) is 0 Å². The molecule has 20 heavy (non-hydrogen) atoms. The SMILES string of the molecule is Cc1nc2cc(N=Cc3ccc(Br)cc3)ccc2n1C. The molecule has 0 amide bonds. The van der Waals surface area contributed by atoms with Crippen LogP contribution in [0.1, 0.15) is 11.4 Å². The maximum absolute atomic E-state index is 4.52. The molecule has 0 radical (unpaired) electrons. The number of aryl methyl sites for hydroxylation is 2. The first-order valence-electron chi connectivity index (χ1n) is 6.36. The molecule has 0 fully saturated rings. The topological polar surface area (TPSA) is 30.2 Å². The second kappa shape index (κ2) is 5.21. The number of halogens is 1. The molecule has 3 aromatic rings. The van der Waals surface area contributed by atoms with Gasteiger partial charge in [0.05, 0.1) is 16.7 Å². The zero-order chi connectivity index (χ0) is 14.1. The highest BCUT2D eigenvalue weighted by molar-refractivity contribution is 9.10. The zero-order valence-corrected chi connectivity index (χ0v) is 12.9. The van der Waals surface area contributed by atoms with Gasteiger partial charge in [0.2, 0.25) is 0 Å². The number of hydrogen-bond donors (Lipinski definition) is 0. The van der Waals surface area contributed by atoms with Gasteiger partial charge in [-0.1, -0.05) is 28.1 Å². The van der Waals surface area contributed by atoms with E-state index in [4.69, 9.17) is 0 Å². The van der Waals surface area contributed by atoms with Crippen molar-refractivity contribution in [2.24, 2.45) is 12.0 Å². The Bertz CT molecular complexity index is 785. The van der Waals surface area contributed by atoms with E-state index in [0.717, 1.165) is 32.6 Å². The van der Waals surface area contributed by atoms with Crippen molar-refractivity contribution in [3.05, 3.63) is 58.3 Å². The van der Waals surface area contributed by atoms with Crippen LogP contribution in [-0.4, -0.2) is 15.8 Å². The normalized spacial score (nSPS) is 11.6. The van der Waals surface area contributed by atoms with Crippen LogP contribution in [0, 0.1) is 6.92 Å². The van der Waals surface area contributed by atoms with Crippen LogP contribution in [0.4, 0.5) is 5.69 Å². The molecule has 1 heterocycles. The van der Waals surface area contributed by atoms with Crippen LogP contribution in [0.2, 0.25) is 0 Å². The number of benzene rings is 2. The molecule has 0 N–H and O–H groups in total.